The van der Waals surface area contributed by atoms with Crippen molar-refractivity contribution in [3.8, 4) is 17.3 Å². The van der Waals surface area contributed by atoms with E-state index < -0.39 is 0 Å². The molecule has 1 N–H and O–H groups in total. The normalized spacial score (nSPS) is 16.6. The molecule has 2 heterocycles. The molecule has 0 unspecified atom stereocenters. The number of hydrogen-bond donors (Lipinski definition) is 1. The first-order valence-electron chi connectivity index (χ1n) is 8.59. The van der Waals surface area contributed by atoms with Gasteiger partial charge in [0.05, 0.1) is 5.56 Å². The SMILES string of the molecule is CNC(=O)c1cc(-c2ccccc2)cc2oc([C@@H]3CCCN3C#N)nc12. The number of carbonyl (C=O) groups excluding carboxylic acids is 1. The molecule has 130 valence electrons. The van der Waals surface area contributed by atoms with E-state index >= 15 is 0 Å². The lowest BCUT2D eigenvalue weighted by Crippen LogP contribution is -2.18. The monoisotopic (exact) mass is 346 g/mol. The van der Waals surface area contributed by atoms with Crippen molar-refractivity contribution < 1.29 is 9.21 Å². The summed E-state index contributed by atoms with van der Waals surface area (Å²) < 4.78 is 6.00. The fourth-order valence-corrected chi connectivity index (χ4v) is 3.44. The fraction of sp³-hybridized carbons (Fsp3) is 0.250. The summed E-state index contributed by atoms with van der Waals surface area (Å²) in [5, 5.41) is 12.0. The molecule has 1 atom stereocenters. The average Bonchev–Trinajstić information content (AvgIpc) is 3.33. The number of aromatic nitrogens is 1. The van der Waals surface area contributed by atoms with Gasteiger partial charge in [-0.25, -0.2) is 4.98 Å². The molecule has 0 radical (unpaired) electrons. The van der Waals surface area contributed by atoms with Crippen LogP contribution in [0.25, 0.3) is 22.2 Å². The number of likely N-dealkylation sites (tertiary alicyclic amines) is 1. The molecule has 0 bridgehead atoms. The van der Waals surface area contributed by atoms with E-state index in [2.05, 4.69) is 16.5 Å². The maximum Gasteiger partial charge on any atom is 0.253 e. The zero-order chi connectivity index (χ0) is 18.1. The second-order valence-corrected chi connectivity index (χ2v) is 6.32. The van der Waals surface area contributed by atoms with Gasteiger partial charge in [-0.05, 0) is 36.1 Å². The molecule has 4 rings (SSSR count). The third kappa shape index (κ3) is 2.68. The zero-order valence-electron chi connectivity index (χ0n) is 14.4. The van der Waals surface area contributed by atoms with Gasteiger partial charge in [0.15, 0.2) is 11.8 Å². The van der Waals surface area contributed by atoms with E-state index in [4.69, 9.17) is 4.42 Å². The summed E-state index contributed by atoms with van der Waals surface area (Å²) >= 11 is 0. The molecule has 1 saturated heterocycles. The Hall–Kier alpha value is -3.33. The van der Waals surface area contributed by atoms with Gasteiger partial charge in [0, 0.05) is 13.6 Å². The number of nitrogens with one attached hydrogen (secondary N) is 1. The standard InChI is InChI=1S/C20H18N4O2/c1-22-19(25)15-10-14(13-6-3-2-4-7-13)11-17-18(15)23-20(26-17)16-8-5-9-24(16)12-21/h2-4,6-7,10-11,16H,5,8-9H2,1H3,(H,22,25)/t16-/m0/s1. The Balaban J connectivity index is 1.88. The number of benzene rings is 2. The number of rotatable bonds is 3. The van der Waals surface area contributed by atoms with E-state index in [1.807, 2.05) is 42.5 Å². The van der Waals surface area contributed by atoms with Crippen LogP contribution in [0.4, 0.5) is 0 Å². The molecule has 1 fully saturated rings. The summed E-state index contributed by atoms with van der Waals surface area (Å²) in [5.74, 6) is 0.283. The van der Waals surface area contributed by atoms with E-state index in [0.717, 1.165) is 24.0 Å². The maximum absolute atomic E-state index is 12.4. The van der Waals surface area contributed by atoms with Gasteiger partial charge in [0.1, 0.15) is 11.6 Å². The van der Waals surface area contributed by atoms with Crippen LogP contribution in [0.1, 0.15) is 35.1 Å². The number of oxazole rings is 1. The van der Waals surface area contributed by atoms with Gasteiger partial charge in [-0.1, -0.05) is 30.3 Å². The lowest BCUT2D eigenvalue weighted by atomic mass is 10.0. The van der Waals surface area contributed by atoms with Crippen molar-refractivity contribution in [2.45, 2.75) is 18.9 Å². The van der Waals surface area contributed by atoms with Gasteiger partial charge >= 0.3 is 0 Å². The molecule has 1 aromatic heterocycles. The molecule has 0 saturated carbocycles. The van der Waals surface area contributed by atoms with Gasteiger partial charge < -0.3 is 9.73 Å². The van der Waals surface area contributed by atoms with Crippen LogP contribution in [0.5, 0.6) is 0 Å². The number of nitriles is 1. The highest BCUT2D eigenvalue weighted by molar-refractivity contribution is 6.06. The lowest BCUT2D eigenvalue weighted by Gasteiger charge is -2.13. The summed E-state index contributed by atoms with van der Waals surface area (Å²) in [6, 6.07) is 13.4. The smallest absolute Gasteiger partial charge is 0.253 e. The maximum atomic E-state index is 12.4. The first-order chi connectivity index (χ1) is 12.7. The van der Waals surface area contributed by atoms with Crippen LogP contribution < -0.4 is 5.32 Å². The first kappa shape index (κ1) is 16.2. The second-order valence-electron chi connectivity index (χ2n) is 6.32. The van der Waals surface area contributed by atoms with Crippen molar-refractivity contribution in [3.63, 3.8) is 0 Å². The topological polar surface area (TPSA) is 82.2 Å². The third-order valence-electron chi connectivity index (χ3n) is 4.76. The minimum absolute atomic E-state index is 0.162. The number of nitrogens with zero attached hydrogens (tertiary/aromatic N) is 3. The van der Waals surface area contributed by atoms with E-state index in [9.17, 15) is 10.1 Å². The van der Waals surface area contributed by atoms with Crippen molar-refractivity contribution in [2.24, 2.45) is 0 Å². The van der Waals surface area contributed by atoms with E-state index in [1.165, 1.54) is 0 Å². The highest BCUT2D eigenvalue weighted by atomic mass is 16.3. The van der Waals surface area contributed by atoms with Crippen molar-refractivity contribution >= 4 is 17.0 Å². The van der Waals surface area contributed by atoms with Crippen LogP contribution in [-0.2, 0) is 0 Å². The Bertz CT molecular complexity index is 1000. The van der Waals surface area contributed by atoms with Crippen LogP contribution in [0.2, 0.25) is 0 Å². The minimum atomic E-state index is -0.212. The molecule has 26 heavy (non-hydrogen) atoms. The van der Waals surface area contributed by atoms with Crippen molar-refractivity contribution in [2.75, 3.05) is 13.6 Å². The van der Waals surface area contributed by atoms with E-state index in [-0.39, 0.29) is 11.9 Å². The Morgan fingerprint density at radius 1 is 1.31 bits per heavy atom. The fourth-order valence-electron chi connectivity index (χ4n) is 3.44. The number of fused-ring (bicyclic) bond motifs is 1. The molecule has 6 nitrogen and oxygen atoms in total. The van der Waals surface area contributed by atoms with Crippen LogP contribution in [0.15, 0.2) is 46.9 Å². The zero-order valence-corrected chi connectivity index (χ0v) is 14.4. The molecule has 0 spiro atoms. The Labute approximate surface area is 151 Å². The number of amides is 1. The quantitative estimate of drug-likeness (QED) is 0.734. The molecule has 3 aromatic rings. The molecule has 1 aliphatic heterocycles. The van der Waals surface area contributed by atoms with Crippen molar-refractivity contribution in [3.05, 3.63) is 53.9 Å². The molecule has 6 heteroatoms. The average molecular weight is 346 g/mol. The Morgan fingerprint density at radius 3 is 2.85 bits per heavy atom. The highest BCUT2D eigenvalue weighted by Gasteiger charge is 2.30. The van der Waals surface area contributed by atoms with Crippen LogP contribution in [0, 0.1) is 11.5 Å². The molecule has 1 aliphatic rings. The Morgan fingerprint density at radius 2 is 2.12 bits per heavy atom. The first-order valence-corrected chi connectivity index (χ1v) is 8.59. The van der Waals surface area contributed by atoms with Crippen LogP contribution in [0.3, 0.4) is 0 Å². The van der Waals surface area contributed by atoms with Crippen LogP contribution >= 0.6 is 0 Å². The van der Waals surface area contributed by atoms with Crippen molar-refractivity contribution in [1.82, 2.24) is 15.2 Å². The number of hydrogen-bond acceptors (Lipinski definition) is 5. The second kappa shape index (κ2) is 6.52. The molecular formula is C20H18N4O2. The predicted molar refractivity (Wildman–Crippen MR) is 97.1 cm³/mol. The van der Waals surface area contributed by atoms with Gasteiger partial charge in [0.2, 0.25) is 5.89 Å². The van der Waals surface area contributed by atoms with Gasteiger partial charge in [-0.3, -0.25) is 9.69 Å². The van der Waals surface area contributed by atoms with Crippen molar-refractivity contribution in [1.29, 1.82) is 5.26 Å². The summed E-state index contributed by atoms with van der Waals surface area (Å²) in [4.78, 5) is 18.7. The third-order valence-corrected chi connectivity index (χ3v) is 4.76. The summed E-state index contributed by atoms with van der Waals surface area (Å²) in [7, 11) is 1.60. The highest BCUT2D eigenvalue weighted by Crippen LogP contribution is 2.35. The van der Waals surface area contributed by atoms with Gasteiger partial charge in [0.25, 0.3) is 5.91 Å². The van der Waals surface area contributed by atoms with Gasteiger partial charge in [-0.15, -0.1) is 0 Å². The lowest BCUT2D eigenvalue weighted by molar-refractivity contribution is 0.0964. The summed E-state index contributed by atoms with van der Waals surface area (Å²) in [6.45, 7) is 0.706. The molecule has 2 aromatic carbocycles. The molecule has 0 aliphatic carbocycles. The molecule has 1 amide bonds. The summed E-state index contributed by atoms with van der Waals surface area (Å²) in [5.41, 5.74) is 3.45. The van der Waals surface area contributed by atoms with Crippen LogP contribution in [-0.4, -0.2) is 29.4 Å². The largest absolute Gasteiger partial charge is 0.438 e. The Kier molecular flexibility index (Phi) is 4.05. The minimum Gasteiger partial charge on any atom is -0.438 e. The summed E-state index contributed by atoms with van der Waals surface area (Å²) in [6.07, 6.45) is 3.94. The van der Waals surface area contributed by atoms with E-state index in [1.54, 1.807) is 11.9 Å². The molecular weight excluding hydrogens is 328 g/mol. The predicted octanol–water partition coefficient (Wildman–Crippen LogP) is 3.47. The van der Waals surface area contributed by atoms with E-state index in [0.29, 0.717) is 29.1 Å². The van der Waals surface area contributed by atoms with Gasteiger partial charge in [-0.2, -0.15) is 5.26 Å². The number of carbonyl (C=O) groups is 1.